The van der Waals surface area contributed by atoms with Gasteiger partial charge in [0.1, 0.15) is 12.4 Å². The number of nitrogens with one attached hydrogen (secondary N) is 1. The summed E-state index contributed by atoms with van der Waals surface area (Å²) in [4.78, 5) is 12.1. The van der Waals surface area contributed by atoms with E-state index >= 15 is 0 Å². The van der Waals surface area contributed by atoms with E-state index < -0.39 is 0 Å². The molecule has 2 aromatic rings. The van der Waals surface area contributed by atoms with E-state index in [1.54, 1.807) is 12.1 Å². The zero-order valence-electron chi connectivity index (χ0n) is 10.8. The molecule has 0 bridgehead atoms. The smallest absolute Gasteiger partial charge is 0.256 e. The average Bonchev–Trinajstić information content (AvgIpc) is 2.47. The summed E-state index contributed by atoms with van der Waals surface area (Å²) in [5, 5.41) is 2.86. The third-order valence-corrected chi connectivity index (χ3v) is 3.54. The molecule has 0 aliphatic carbocycles. The van der Waals surface area contributed by atoms with E-state index in [4.69, 9.17) is 4.74 Å². The van der Waals surface area contributed by atoms with Crippen molar-refractivity contribution >= 4 is 34.2 Å². The third-order valence-electron chi connectivity index (χ3n) is 2.60. The number of hydrogen-bond acceptors (Lipinski definition) is 2. The molecular weight excluding hydrogens is 365 g/mol. The summed E-state index contributed by atoms with van der Waals surface area (Å²) in [6.45, 7) is 4.06. The molecule has 0 aliphatic heterocycles. The number of halogens is 1. The average molecular weight is 379 g/mol. The van der Waals surface area contributed by atoms with Crippen molar-refractivity contribution in [2.24, 2.45) is 0 Å². The van der Waals surface area contributed by atoms with Crippen molar-refractivity contribution in [2.75, 3.05) is 11.9 Å². The first-order valence-electron chi connectivity index (χ1n) is 6.10. The number of ether oxygens (including phenoxy) is 1. The van der Waals surface area contributed by atoms with Crippen LogP contribution in [0.2, 0.25) is 0 Å². The summed E-state index contributed by atoms with van der Waals surface area (Å²) >= 11 is 2.15. The van der Waals surface area contributed by atoms with Crippen LogP contribution < -0.4 is 10.1 Å². The molecular formula is C16H14INO2. The predicted octanol–water partition coefficient (Wildman–Crippen LogP) is 4.11. The van der Waals surface area contributed by atoms with Gasteiger partial charge >= 0.3 is 0 Å². The summed E-state index contributed by atoms with van der Waals surface area (Å²) in [6, 6.07) is 14.7. The molecule has 0 aliphatic rings. The Morgan fingerprint density at radius 1 is 1.20 bits per heavy atom. The van der Waals surface area contributed by atoms with Gasteiger partial charge in [-0.25, -0.2) is 0 Å². The molecule has 0 unspecified atom stereocenters. The number of anilines is 1. The number of carbonyl (C=O) groups excluding carboxylic acids is 1. The molecule has 0 fully saturated rings. The van der Waals surface area contributed by atoms with Gasteiger partial charge < -0.3 is 10.1 Å². The molecule has 102 valence electrons. The molecule has 0 heterocycles. The first-order chi connectivity index (χ1) is 9.70. The summed E-state index contributed by atoms with van der Waals surface area (Å²) < 4.78 is 6.31. The fourth-order valence-corrected chi connectivity index (χ4v) is 2.27. The number of benzene rings is 2. The van der Waals surface area contributed by atoms with Crippen LogP contribution in [0.1, 0.15) is 10.4 Å². The van der Waals surface area contributed by atoms with Crippen molar-refractivity contribution in [1.82, 2.24) is 0 Å². The van der Waals surface area contributed by atoms with Crippen LogP contribution in [0.5, 0.6) is 5.75 Å². The quantitative estimate of drug-likeness (QED) is 0.627. The predicted molar refractivity (Wildman–Crippen MR) is 89.2 cm³/mol. The van der Waals surface area contributed by atoms with E-state index in [0.29, 0.717) is 12.2 Å². The van der Waals surface area contributed by atoms with Crippen LogP contribution in [0.4, 0.5) is 5.69 Å². The molecule has 20 heavy (non-hydrogen) atoms. The van der Waals surface area contributed by atoms with E-state index in [2.05, 4.69) is 34.5 Å². The second-order valence-electron chi connectivity index (χ2n) is 4.06. The van der Waals surface area contributed by atoms with Gasteiger partial charge in [0.05, 0.1) is 5.56 Å². The Morgan fingerprint density at radius 2 is 1.90 bits per heavy atom. The maximum absolute atomic E-state index is 12.1. The Kier molecular flexibility index (Phi) is 5.17. The minimum atomic E-state index is -0.116. The van der Waals surface area contributed by atoms with E-state index in [-0.39, 0.29) is 5.91 Å². The maximum Gasteiger partial charge on any atom is 0.256 e. The third kappa shape index (κ3) is 3.84. The molecule has 3 nitrogen and oxygen atoms in total. The van der Waals surface area contributed by atoms with Crippen molar-refractivity contribution in [3.8, 4) is 5.75 Å². The topological polar surface area (TPSA) is 38.3 Å². The maximum atomic E-state index is 12.1. The normalized spacial score (nSPS) is 9.85. The second kappa shape index (κ2) is 7.09. The van der Waals surface area contributed by atoms with E-state index in [0.717, 1.165) is 15.0 Å². The van der Waals surface area contributed by atoms with Crippen LogP contribution >= 0.6 is 22.6 Å². The van der Waals surface area contributed by atoms with Crippen LogP contribution in [0.25, 0.3) is 0 Å². The van der Waals surface area contributed by atoms with Crippen molar-refractivity contribution in [3.63, 3.8) is 0 Å². The monoisotopic (exact) mass is 379 g/mol. The van der Waals surface area contributed by atoms with Gasteiger partial charge in [0.15, 0.2) is 0 Å². The Morgan fingerprint density at radius 3 is 2.55 bits per heavy atom. The molecule has 0 saturated carbocycles. The number of amides is 1. The lowest BCUT2D eigenvalue weighted by atomic mass is 10.2. The highest BCUT2D eigenvalue weighted by Gasteiger charge is 2.09. The Labute approximate surface area is 131 Å². The van der Waals surface area contributed by atoms with Crippen molar-refractivity contribution < 1.29 is 9.53 Å². The molecule has 2 aromatic carbocycles. The highest BCUT2D eigenvalue weighted by Crippen LogP contribution is 2.18. The zero-order valence-corrected chi connectivity index (χ0v) is 13.0. The van der Waals surface area contributed by atoms with Crippen molar-refractivity contribution in [1.29, 1.82) is 0 Å². The lowest BCUT2D eigenvalue weighted by molar-refractivity contribution is 0.102. The Bertz CT molecular complexity index is 608. The van der Waals surface area contributed by atoms with Gasteiger partial charge in [0.25, 0.3) is 5.91 Å². The standard InChI is InChI=1S/C16H14INO2/c1-2-11-20-13-9-7-12(8-10-13)18-16(19)14-5-3-4-6-15(14)17/h2-10H,1,11H2,(H,18,19). The van der Waals surface area contributed by atoms with Crippen molar-refractivity contribution in [3.05, 3.63) is 70.3 Å². The van der Waals surface area contributed by atoms with Crippen LogP contribution in [0, 0.1) is 3.57 Å². The van der Waals surface area contributed by atoms with E-state index in [1.165, 1.54) is 0 Å². The summed E-state index contributed by atoms with van der Waals surface area (Å²) in [5.41, 5.74) is 1.40. The second-order valence-corrected chi connectivity index (χ2v) is 5.22. The molecule has 1 amide bonds. The fourth-order valence-electron chi connectivity index (χ4n) is 1.63. The highest BCUT2D eigenvalue weighted by molar-refractivity contribution is 14.1. The van der Waals surface area contributed by atoms with Crippen LogP contribution in [0.15, 0.2) is 61.2 Å². The number of hydrogen-bond donors (Lipinski definition) is 1. The van der Waals surface area contributed by atoms with Gasteiger partial charge in [-0.05, 0) is 59.0 Å². The molecule has 2 rings (SSSR count). The molecule has 1 N–H and O–H groups in total. The molecule has 4 heteroatoms. The Hall–Kier alpha value is -1.82. The SMILES string of the molecule is C=CCOc1ccc(NC(=O)c2ccccc2I)cc1. The number of carbonyl (C=O) groups is 1. The molecule has 0 spiro atoms. The minimum Gasteiger partial charge on any atom is -0.490 e. The van der Waals surface area contributed by atoms with E-state index in [1.807, 2.05) is 42.5 Å². The zero-order chi connectivity index (χ0) is 14.4. The molecule has 0 aromatic heterocycles. The van der Waals surface area contributed by atoms with Gasteiger partial charge in [-0.1, -0.05) is 24.8 Å². The van der Waals surface area contributed by atoms with Crippen LogP contribution in [-0.4, -0.2) is 12.5 Å². The highest BCUT2D eigenvalue weighted by atomic mass is 127. The van der Waals surface area contributed by atoms with E-state index in [9.17, 15) is 4.79 Å². The Balaban J connectivity index is 2.05. The fraction of sp³-hybridized carbons (Fsp3) is 0.0625. The first kappa shape index (κ1) is 14.6. The van der Waals surface area contributed by atoms with Gasteiger partial charge in [0.2, 0.25) is 0 Å². The first-order valence-corrected chi connectivity index (χ1v) is 7.18. The molecule has 0 saturated heterocycles. The lowest BCUT2D eigenvalue weighted by Gasteiger charge is -2.08. The van der Waals surface area contributed by atoms with Gasteiger partial charge in [-0.2, -0.15) is 0 Å². The molecule has 0 atom stereocenters. The summed E-state index contributed by atoms with van der Waals surface area (Å²) in [5.74, 6) is 0.631. The van der Waals surface area contributed by atoms with Crippen LogP contribution in [-0.2, 0) is 0 Å². The lowest BCUT2D eigenvalue weighted by Crippen LogP contribution is -2.13. The summed E-state index contributed by atoms with van der Waals surface area (Å²) in [7, 11) is 0. The van der Waals surface area contributed by atoms with Gasteiger partial charge in [-0.3, -0.25) is 4.79 Å². The largest absolute Gasteiger partial charge is 0.490 e. The summed E-state index contributed by atoms with van der Waals surface area (Å²) in [6.07, 6.45) is 1.69. The molecule has 0 radical (unpaired) electrons. The number of rotatable bonds is 5. The van der Waals surface area contributed by atoms with Crippen molar-refractivity contribution in [2.45, 2.75) is 0 Å². The van der Waals surface area contributed by atoms with Crippen LogP contribution in [0.3, 0.4) is 0 Å². The van der Waals surface area contributed by atoms with Gasteiger partial charge in [-0.15, -0.1) is 0 Å². The minimum absolute atomic E-state index is 0.116. The van der Waals surface area contributed by atoms with Gasteiger partial charge in [0, 0.05) is 9.26 Å².